The summed E-state index contributed by atoms with van der Waals surface area (Å²) in [6.07, 6.45) is 2.79. The van der Waals surface area contributed by atoms with Gasteiger partial charge in [-0.3, -0.25) is 9.59 Å². The second kappa shape index (κ2) is 8.70. The molecule has 1 aromatic carbocycles. The van der Waals surface area contributed by atoms with Crippen LogP contribution in [-0.4, -0.2) is 36.3 Å². The van der Waals surface area contributed by atoms with E-state index in [4.69, 9.17) is 0 Å². The minimum Gasteiger partial charge on any atom is -0.356 e. The van der Waals surface area contributed by atoms with Crippen LogP contribution in [0.4, 0.5) is 0 Å². The molecule has 1 fully saturated rings. The summed E-state index contributed by atoms with van der Waals surface area (Å²) in [5, 5.41) is 5.08. The molecule has 0 saturated carbocycles. The highest BCUT2D eigenvalue weighted by Crippen LogP contribution is 2.36. The van der Waals surface area contributed by atoms with Gasteiger partial charge in [-0.25, -0.2) is 0 Å². The molecule has 0 unspecified atom stereocenters. The van der Waals surface area contributed by atoms with Gasteiger partial charge in [0.15, 0.2) is 0 Å². The van der Waals surface area contributed by atoms with Crippen LogP contribution < -0.4 is 5.32 Å². The Hall–Kier alpha value is -2.14. The first-order chi connectivity index (χ1) is 13.1. The van der Waals surface area contributed by atoms with Crippen LogP contribution in [0.15, 0.2) is 41.8 Å². The maximum Gasteiger partial charge on any atom is 0.228 e. The van der Waals surface area contributed by atoms with Crippen molar-refractivity contribution in [3.05, 3.63) is 47.3 Å². The number of carbonyl (C=O) groups excluding carboxylic acids is 2. The number of carbonyl (C=O) groups is 2. The minimum atomic E-state index is -0.524. The highest BCUT2D eigenvalue weighted by atomic mass is 32.1. The van der Waals surface area contributed by atoms with Crippen molar-refractivity contribution in [3.63, 3.8) is 0 Å². The van der Waals surface area contributed by atoms with E-state index in [1.165, 1.54) is 10.4 Å². The molecule has 2 aromatic rings. The second-order valence-corrected chi connectivity index (χ2v) is 8.25. The van der Waals surface area contributed by atoms with Crippen molar-refractivity contribution < 1.29 is 9.59 Å². The largest absolute Gasteiger partial charge is 0.356 e. The van der Waals surface area contributed by atoms with E-state index in [1.54, 1.807) is 11.3 Å². The summed E-state index contributed by atoms with van der Waals surface area (Å²) < 4.78 is 0. The summed E-state index contributed by atoms with van der Waals surface area (Å²) >= 11 is 1.73. The lowest BCUT2D eigenvalue weighted by Crippen LogP contribution is -2.45. The summed E-state index contributed by atoms with van der Waals surface area (Å²) in [7, 11) is 0. The smallest absolute Gasteiger partial charge is 0.228 e. The molecule has 4 nitrogen and oxygen atoms in total. The van der Waals surface area contributed by atoms with Gasteiger partial charge in [0, 0.05) is 30.9 Å². The maximum absolute atomic E-state index is 12.9. The van der Waals surface area contributed by atoms with E-state index in [-0.39, 0.29) is 11.8 Å². The number of likely N-dealkylation sites (tertiary alicyclic amines) is 1. The fourth-order valence-corrected chi connectivity index (χ4v) is 4.57. The molecule has 1 aliphatic heterocycles. The molecule has 2 heterocycles. The predicted octanol–water partition coefficient (Wildman–Crippen LogP) is 4.11. The Morgan fingerprint density at radius 1 is 1.19 bits per heavy atom. The molecule has 144 valence electrons. The topological polar surface area (TPSA) is 49.4 Å². The molecule has 0 bridgehead atoms. The molecule has 0 spiro atoms. The number of rotatable bonds is 7. The van der Waals surface area contributed by atoms with Crippen LogP contribution in [0.25, 0.3) is 10.4 Å². The van der Waals surface area contributed by atoms with Crippen LogP contribution in [0.2, 0.25) is 0 Å². The number of benzene rings is 1. The van der Waals surface area contributed by atoms with Crippen LogP contribution in [0, 0.1) is 5.41 Å². The van der Waals surface area contributed by atoms with E-state index in [9.17, 15) is 9.59 Å². The van der Waals surface area contributed by atoms with E-state index >= 15 is 0 Å². The predicted molar refractivity (Wildman–Crippen MR) is 111 cm³/mol. The number of thiophene rings is 1. The summed E-state index contributed by atoms with van der Waals surface area (Å²) in [4.78, 5) is 28.4. The Labute approximate surface area is 165 Å². The van der Waals surface area contributed by atoms with Crippen molar-refractivity contribution in [2.45, 2.75) is 39.5 Å². The molecule has 0 radical (unpaired) electrons. The maximum atomic E-state index is 12.9. The number of nitrogens with one attached hydrogen (secondary N) is 1. The van der Waals surface area contributed by atoms with E-state index in [0.717, 1.165) is 18.4 Å². The lowest BCUT2D eigenvalue weighted by atomic mass is 9.79. The fraction of sp³-hybridized carbons (Fsp3) is 0.455. The number of nitrogens with zero attached hydrogens (tertiary/aromatic N) is 1. The van der Waals surface area contributed by atoms with E-state index in [2.05, 4.69) is 47.1 Å². The zero-order valence-corrected chi connectivity index (χ0v) is 17.0. The van der Waals surface area contributed by atoms with Gasteiger partial charge in [0.2, 0.25) is 11.8 Å². The van der Waals surface area contributed by atoms with Gasteiger partial charge >= 0.3 is 0 Å². The Morgan fingerprint density at radius 3 is 2.59 bits per heavy atom. The first kappa shape index (κ1) is 19.6. The standard InChI is InChI=1S/C22H28N2O2S/c1-3-6-20(25)24-13-12-22(16-24,21(26)23-4-2)15-17-8-10-18(11-9-17)19-7-5-14-27-19/h5,7-11,14H,3-4,6,12-13,15-16H2,1-2H3,(H,23,26)/t22-/m0/s1. The first-order valence-corrected chi connectivity index (χ1v) is 10.6. The van der Waals surface area contributed by atoms with Gasteiger partial charge in [-0.1, -0.05) is 37.3 Å². The first-order valence-electron chi connectivity index (χ1n) is 9.77. The van der Waals surface area contributed by atoms with Crippen molar-refractivity contribution >= 4 is 23.2 Å². The average Bonchev–Trinajstić information content (AvgIpc) is 3.34. The molecule has 0 aliphatic carbocycles. The van der Waals surface area contributed by atoms with Crippen molar-refractivity contribution in [2.24, 2.45) is 5.41 Å². The normalized spacial score (nSPS) is 19.3. The third-order valence-electron chi connectivity index (χ3n) is 5.29. The number of amides is 2. The lowest BCUT2D eigenvalue weighted by Gasteiger charge is -2.28. The molecule has 27 heavy (non-hydrogen) atoms. The van der Waals surface area contributed by atoms with Crippen molar-refractivity contribution in [3.8, 4) is 10.4 Å². The third kappa shape index (κ3) is 4.41. The molecule has 1 N–H and O–H groups in total. The SMILES string of the molecule is CCCC(=O)N1CC[C@@](Cc2ccc(-c3cccs3)cc2)(C(=O)NCC)C1. The van der Waals surface area contributed by atoms with Gasteiger partial charge in [0.05, 0.1) is 5.41 Å². The Kier molecular flexibility index (Phi) is 6.32. The van der Waals surface area contributed by atoms with Gasteiger partial charge in [0.1, 0.15) is 0 Å². The number of hydrogen-bond donors (Lipinski definition) is 1. The lowest BCUT2D eigenvalue weighted by molar-refractivity contribution is -0.133. The highest BCUT2D eigenvalue weighted by Gasteiger charge is 2.45. The van der Waals surface area contributed by atoms with Gasteiger partial charge in [-0.15, -0.1) is 11.3 Å². The van der Waals surface area contributed by atoms with E-state index in [1.807, 2.05) is 18.7 Å². The average molecular weight is 385 g/mol. The summed E-state index contributed by atoms with van der Waals surface area (Å²) in [5.74, 6) is 0.232. The van der Waals surface area contributed by atoms with Gasteiger partial charge in [0.25, 0.3) is 0 Å². The minimum absolute atomic E-state index is 0.0686. The third-order valence-corrected chi connectivity index (χ3v) is 6.21. The fourth-order valence-electron chi connectivity index (χ4n) is 3.84. The van der Waals surface area contributed by atoms with Crippen LogP contribution in [0.3, 0.4) is 0 Å². The molecule has 1 aliphatic rings. The highest BCUT2D eigenvalue weighted by molar-refractivity contribution is 7.13. The molecule has 1 atom stereocenters. The van der Waals surface area contributed by atoms with Crippen molar-refractivity contribution in [1.82, 2.24) is 10.2 Å². The second-order valence-electron chi connectivity index (χ2n) is 7.31. The van der Waals surface area contributed by atoms with Crippen LogP contribution in [0.1, 0.15) is 38.7 Å². The van der Waals surface area contributed by atoms with Crippen LogP contribution in [0.5, 0.6) is 0 Å². The molecule has 3 rings (SSSR count). The van der Waals surface area contributed by atoms with E-state index in [0.29, 0.717) is 32.5 Å². The molecular formula is C22H28N2O2S. The number of hydrogen-bond acceptors (Lipinski definition) is 3. The van der Waals surface area contributed by atoms with Gasteiger partial charge < -0.3 is 10.2 Å². The Balaban J connectivity index is 1.78. The quantitative estimate of drug-likeness (QED) is 0.781. The molecule has 5 heteroatoms. The van der Waals surface area contributed by atoms with E-state index < -0.39 is 5.41 Å². The van der Waals surface area contributed by atoms with Crippen LogP contribution >= 0.6 is 11.3 Å². The van der Waals surface area contributed by atoms with Crippen molar-refractivity contribution in [1.29, 1.82) is 0 Å². The summed E-state index contributed by atoms with van der Waals surface area (Å²) in [6.45, 7) is 5.75. The molecule has 1 aromatic heterocycles. The monoisotopic (exact) mass is 384 g/mol. The van der Waals surface area contributed by atoms with Gasteiger partial charge in [-0.2, -0.15) is 0 Å². The van der Waals surface area contributed by atoms with Crippen LogP contribution in [-0.2, 0) is 16.0 Å². The summed E-state index contributed by atoms with van der Waals surface area (Å²) in [5.41, 5.74) is 1.82. The molecule has 2 amide bonds. The summed E-state index contributed by atoms with van der Waals surface area (Å²) in [6, 6.07) is 12.7. The molecular weight excluding hydrogens is 356 g/mol. The zero-order chi connectivity index (χ0) is 19.3. The Morgan fingerprint density at radius 2 is 1.96 bits per heavy atom. The Bertz CT molecular complexity index is 770. The van der Waals surface area contributed by atoms with Crippen molar-refractivity contribution in [2.75, 3.05) is 19.6 Å². The zero-order valence-electron chi connectivity index (χ0n) is 16.2. The van der Waals surface area contributed by atoms with Gasteiger partial charge in [-0.05, 0) is 48.8 Å². The molecule has 1 saturated heterocycles.